The topological polar surface area (TPSA) is 137 Å². The molecule has 0 aliphatic heterocycles. The average Bonchev–Trinajstić information content (AvgIpc) is 2.88. The first-order chi connectivity index (χ1) is 11.2. The van der Waals surface area contributed by atoms with Crippen LogP contribution in [0.4, 0.5) is 0 Å². The van der Waals surface area contributed by atoms with E-state index in [1.807, 2.05) is 31.2 Å². The molecule has 0 bridgehead atoms. The number of rotatable bonds is 8. The van der Waals surface area contributed by atoms with E-state index in [0.29, 0.717) is 12.8 Å². The summed E-state index contributed by atoms with van der Waals surface area (Å²) in [4.78, 5) is 33.6. The number of benzene rings is 1. The minimum Gasteiger partial charge on any atom is -0.480 e. The number of H-pyrrole nitrogens is 1. The third-order valence-electron chi connectivity index (χ3n) is 4.38. The Hall–Kier alpha value is -1.66. The highest BCUT2D eigenvalue weighted by Crippen LogP contribution is 2.42. The number of carboxylic acid groups (broad SMARTS) is 1. The van der Waals surface area contributed by atoms with Gasteiger partial charge in [-0.2, -0.15) is 0 Å². The molecule has 2 atom stereocenters. The molecule has 2 aromatic rings. The SMILES string of the molecule is CCCC(CP(=O)(O)O)C(N)(Cc1c[nH]c2ccccc12)C(=O)O. The lowest BCUT2D eigenvalue weighted by atomic mass is 9.78. The lowest BCUT2D eigenvalue weighted by molar-refractivity contribution is -0.145. The minimum atomic E-state index is -4.38. The van der Waals surface area contributed by atoms with Gasteiger partial charge in [-0.05, 0) is 24.0 Å². The van der Waals surface area contributed by atoms with E-state index in [0.717, 1.165) is 16.5 Å². The number of para-hydroxylation sites is 1. The minimum absolute atomic E-state index is 0.00296. The van der Waals surface area contributed by atoms with E-state index in [4.69, 9.17) is 5.73 Å². The normalized spacial score (nSPS) is 16.0. The van der Waals surface area contributed by atoms with Crippen LogP contribution in [0.2, 0.25) is 0 Å². The summed E-state index contributed by atoms with van der Waals surface area (Å²) in [7, 11) is -4.38. The summed E-state index contributed by atoms with van der Waals surface area (Å²) in [6.07, 6.45) is 2.08. The highest BCUT2D eigenvalue weighted by molar-refractivity contribution is 7.51. The number of aliphatic carboxylic acids is 1. The third kappa shape index (κ3) is 4.05. The maximum atomic E-state index is 11.9. The van der Waals surface area contributed by atoms with Crippen LogP contribution >= 0.6 is 7.60 Å². The number of carbonyl (C=O) groups is 1. The number of aromatic amines is 1. The molecular formula is C16H23N2O5P. The molecule has 1 aromatic carbocycles. The van der Waals surface area contributed by atoms with Crippen molar-refractivity contribution in [3.63, 3.8) is 0 Å². The third-order valence-corrected chi connectivity index (χ3v) is 5.30. The van der Waals surface area contributed by atoms with Crippen LogP contribution in [0.1, 0.15) is 25.3 Å². The van der Waals surface area contributed by atoms with Crippen molar-refractivity contribution >= 4 is 24.5 Å². The molecule has 24 heavy (non-hydrogen) atoms. The van der Waals surface area contributed by atoms with Gasteiger partial charge in [0.25, 0.3) is 0 Å². The van der Waals surface area contributed by atoms with Crippen LogP contribution in [0.15, 0.2) is 30.5 Å². The number of fused-ring (bicyclic) bond motifs is 1. The largest absolute Gasteiger partial charge is 0.480 e. The first-order valence-corrected chi connectivity index (χ1v) is 9.59. The molecule has 1 heterocycles. The molecule has 7 nitrogen and oxygen atoms in total. The van der Waals surface area contributed by atoms with Gasteiger partial charge in [0.15, 0.2) is 0 Å². The summed E-state index contributed by atoms with van der Waals surface area (Å²) in [5.41, 5.74) is 6.04. The van der Waals surface area contributed by atoms with Crippen LogP contribution in [0.5, 0.6) is 0 Å². The van der Waals surface area contributed by atoms with Crippen LogP contribution < -0.4 is 5.73 Å². The van der Waals surface area contributed by atoms with E-state index in [1.165, 1.54) is 0 Å². The summed E-state index contributed by atoms with van der Waals surface area (Å²) >= 11 is 0. The van der Waals surface area contributed by atoms with Crippen LogP contribution in [-0.2, 0) is 15.8 Å². The van der Waals surface area contributed by atoms with Gasteiger partial charge in [0, 0.05) is 23.5 Å². The van der Waals surface area contributed by atoms with E-state index >= 15 is 0 Å². The van der Waals surface area contributed by atoms with Gasteiger partial charge in [0.1, 0.15) is 5.54 Å². The van der Waals surface area contributed by atoms with Gasteiger partial charge in [-0.1, -0.05) is 31.5 Å². The molecule has 0 spiro atoms. The first-order valence-electron chi connectivity index (χ1n) is 7.79. The fourth-order valence-electron chi connectivity index (χ4n) is 3.13. The monoisotopic (exact) mass is 354 g/mol. The summed E-state index contributed by atoms with van der Waals surface area (Å²) in [5.74, 6) is -2.07. The Morgan fingerprint density at radius 3 is 2.62 bits per heavy atom. The highest BCUT2D eigenvalue weighted by Gasteiger charge is 2.44. The molecule has 0 radical (unpaired) electrons. The number of hydrogen-bond acceptors (Lipinski definition) is 3. The lowest BCUT2D eigenvalue weighted by Crippen LogP contribution is -2.57. The zero-order chi connectivity index (χ0) is 18.0. The molecule has 0 fully saturated rings. The van der Waals surface area contributed by atoms with Crippen molar-refractivity contribution in [3.05, 3.63) is 36.0 Å². The van der Waals surface area contributed by atoms with Gasteiger partial charge >= 0.3 is 13.6 Å². The molecule has 1 aromatic heterocycles. The second-order valence-corrected chi connectivity index (χ2v) is 7.91. The predicted molar refractivity (Wildman–Crippen MR) is 91.9 cm³/mol. The first kappa shape index (κ1) is 18.7. The van der Waals surface area contributed by atoms with E-state index in [1.54, 1.807) is 6.20 Å². The molecule has 0 saturated heterocycles. The quantitative estimate of drug-likeness (QED) is 0.460. The number of hydrogen-bond donors (Lipinski definition) is 5. The van der Waals surface area contributed by atoms with Gasteiger partial charge in [-0.3, -0.25) is 9.36 Å². The summed E-state index contributed by atoms with van der Waals surface area (Å²) < 4.78 is 11.4. The van der Waals surface area contributed by atoms with Gasteiger partial charge in [0.05, 0.1) is 6.16 Å². The Labute approximate surface area is 140 Å². The fourth-order valence-corrected chi connectivity index (χ4v) is 4.22. The van der Waals surface area contributed by atoms with Crippen molar-refractivity contribution < 1.29 is 24.3 Å². The Kier molecular flexibility index (Phi) is 5.50. The Morgan fingerprint density at radius 1 is 1.38 bits per heavy atom. The summed E-state index contributed by atoms with van der Waals surface area (Å²) in [5, 5.41) is 10.6. The summed E-state index contributed by atoms with van der Waals surface area (Å²) in [6, 6.07) is 7.44. The van der Waals surface area contributed by atoms with Gasteiger partial charge in [-0.25, -0.2) is 0 Å². The maximum absolute atomic E-state index is 11.9. The van der Waals surface area contributed by atoms with Gasteiger partial charge in [0.2, 0.25) is 0 Å². The molecule has 8 heteroatoms. The molecule has 0 aliphatic carbocycles. The average molecular weight is 354 g/mol. The Balaban J connectivity index is 2.41. The number of nitrogens with two attached hydrogens (primary N) is 1. The number of nitrogens with one attached hydrogen (secondary N) is 1. The van der Waals surface area contributed by atoms with Gasteiger partial charge < -0.3 is 25.6 Å². The number of aromatic nitrogens is 1. The predicted octanol–water partition coefficient (Wildman–Crippen LogP) is 2.09. The molecule has 0 aliphatic rings. The van der Waals surface area contributed by atoms with Crippen molar-refractivity contribution in [2.75, 3.05) is 6.16 Å². The second kappa shape index (κ2) is 7.07. The molecular weight excluding hydrogens is 331 g/mol. The second-order valence-electron chi connectivity index (χ2n) is 6.21. The van der Waals surface area contributed by atoms with Gasteiger partial charge in [-0.15, -0.1) is 0 Å². The van der Waals surface area contributed by atoms with Crippen molar-refractivity contribution in [1.29, 1.82) is 0 Å². The van der Waals surface area contributed by atoms with Crippen LogP contribution in [0.3, 0.4) is 0 Å². The molecule has 132 valence electrons. The lowest BCUT2D eigenvalue weighted by Gasteiger charge is -2.34. The Bertz CT molecular complexity index is 769. The summed E-state index contributed by atoms with van der Waals surface area (Å²) in [6.45, 7) is 1.83. The van der Waals surface area contributed by atoms with E-state index in [9.17, 15) is 24.3 Å². The van der Waals surface area contributed by atoms with Crippen LogP contribution in [0.25, 0.3) is 10.9 Å². The standard InChI is InChI=1S/C16H23N2O5P/c1-2-5-12(10-24(21,22)23)16(17,15(19)20)8-11-9-18-14-7-4-3-6-13(11)14/h3-4,6-7,9,12,18H,2,5,8,10,17H2,1H3,(H,19,20)(H2,21,22,23). The zero-order valence-electron chi connectivity index (χ0n) is 13.5. The van der Waals surface area contributed by atoms with Crippen molar-refractivity contribution in [2.45, 2.75) is 31.7 Å². The van der Waals surface area contributed by atoms with E-state index < -0.39 is 31.2 Å². The molecule has 0 saturated carbocycles. The zero-order valence-corrected chi connectivity index (χ0v) is 14.4. The fraction of sp³-hybridized carbons (Fsp3) is 0.438. The molecule has 0 amide bonds. The molecule has 2 unspecified atom stereocenters. The van der Waals surface area contributed by atoms with E-state index in [-0.39, 0.29) is 6.42 Å². The number of carboxylic acids is 1. The van der Waals surface area contributed by atoms with Crippen molar-refractivity contribution in [2.24, 2.45) is 11.7 Å². The highest BCUT2D eigenvalue weighted by atomic mass is 31.2. The Morgan fingerprint density at radius 2 is 2.04 bits per heavy atom. The van der Waals surface area contributed by atoms with Crippen molar-refractivity contribution in [1.82, 2.24) is 4.98 Å². The molecule has 6 N–H and O–H groups in total. The van der Waals surface area contributed by atoms with E-state index in [2.05, 4.69) is 4.98 Å². The smallest absolute Gasteiger partial charge is 0.325 e. The van der Waals surface area contributed by atoms with Crippen molar-refractivity contribution in [3.8, 4) is 0 Å². The van der Waals surface area contributed by atoms with Crippen LogP contribution in [-0.4, -0.2) is 37.5 Å². The maximum Gasteiger partial charge on any atom is 0.325 e. The van der Waals surface area contributed by atoms with Crippen LogP contribution in [0, 0.1) is 5.92 Å². The molecule has 2 rings (SSSR count).